The van der Waals surface area contributed by atoms with E-state index in [1.54, 1.807) is 19.1 Å². The van der Waals surface area contributed by atoms with Crippen LogP contribution >= 0.6 is 0 Å². The van der Waals surface area contributed by atoms with Gasteiger partial charge in [-0.1, -0.05) is 18.2 Å². The van der Waals surface area contributed by atoms with Crippen molar-refractivity contribution in [1.82, 2.24) is 20.2 Å². The Bertz CT molecular complexity index is 2940. The van der Waals surface area contributed by atoms with Crippen LogP contribution in [0.2, 0.25) is 0 Å². The molecule has 1 aliphatic rings. The Morgan fingerprint density at radius 3 is 2.13 bits per heavy atom. The molecule has 1 aliphatic heterocycles. The van der Waals surface area contributed by atoms with Gasteiger partial charge in [0.25, 0.3) is 11.5 Å². The summed E-state index contributed by atoms with van der Waals surface area (Å²) in [6.07, 6.45) is 6.51. The molecule has 2 heterocycles. The summed E-state index contributed by atoms with van der Waals surface area (Å²) >= 11 is 0. The molecule has 7 rings (SSSR count). The Kier molecular flexibility index (Phi) is 17.5. The molecule has 3 unspecified atom stereocenters. The fourth-order valence-electron chi connectivity index (χ4n) is 8.49. The van der Waals surface area contributed by atoms with Crippen LogP contribution in [0.1, 0.15) is 89.8 Å². The second-order valence-corrected chi connectivity index (χ2v) is 17.0. The number of benzene rings is 5. The number of aliphatic carboxylic acids is 1. The van der Waals surface area contributed by atoms with E-state index in [2.05, 4.69) is 20.6 Å². The van der Waals surface area contributed by atoms with Gasteiger partial charge in [0.15, 0.2) is 0 Å². The number of unbranched alkanes of at least 4 members (excludes halogenated alkanes) is 2. The van der Waals surface area contributed by atoms with Crippen molar-refractivity contribution in [2.45, 2.75) is 89.5 Å². The van der Waals surface area contributed by atoms with Gasteiger partial charge < -0.3 is 51.8 Å². The van der Waals surface area contributed by atoms with Crippen LogP contribution in [0.25, 0.3) is 21.7 Å². The standard InChI is InChI=1S/C51H56N8O9.Cu/c1-30-57-43-15-10-32-9-8-31(22-40(32)48(43)49(65)58-30)26-54-36-11-14-39-35(23-36)29-59(50(39)66)44(51(67)68)16-19-47(64)53-21-5-3-7-42(56-28-34-25-38(61)13-18-46(34)63)41(6-2-4-20-52)55-27-33-24-37(60)12-17-45(33)62;/h8-15,17-18,22-25,27-28,41-42,44,54,60-63H,2-7,16,19-21,26,29,52H2,1H3,(H,53,64)(H,67,68)(H,57,58,65);/q;+2. The summed E-state index contributed by atoms with van der Waals surface area (Å²) in [7, 11) is 0. The van der Waals surface area contributed by atoms with Gasteiger partial charge in [-0.15, -0.1) is 0 Å². The normalized spacial score (nSPS) is 13.7. The molecule has 10 N–H and O–H groups in total. The van der Waals surface area contributed by atoms with Gasteiger partial charge in [0, 0.05) is 60.9 Å². The summed E-state index contributed by atoms with van der Waals surface area (Å²) in [5.74, 6) is -1.64. The number of phenols is 4. The topological polar surface area (TPSA) is 276 Å². The second kappa shape index (κ2) is 23.6. The fraction of sp³-hybridized carbons (Fsp3) is 0.314. The Balaban J connectivity index is 0.00000782. The van der Waals surface area contributed by atoms with Gasteiger partial charge in [-0.25, -0.2) is 9.78 Å². The molecule has 0 saturated heterocycles. The molecule has 5 aromatic carbocycles. The van der Waals surface area contributed by atoms with E-state index in [4.69, 9.17) is 15.7 Å². The Morgan fingerprint density at radius 2 is 1.48 bits per heavy atom. The van der Waals surface area contributed by atoms with Gasteiger partial charge in [-0.2, -0.15) is 0 Å². The number of hydrogen-bond acceptors (Lipinski definition) is 13. The number of nitrogens with zero attached hydrogens (tertiary/aromatic N) is 4. The minimum absolute atomic E-state index is 0. The molecular formula is C51H56CuN8O9+2. The SMILES string of the molecule is Cc1nc2ccc3ccc(CNc4ccc5c(c4)CN(C(CCC(=O)NCCCCC(N=Cc4cc(O)ccc4O)C(CCCCN)N=Cc4cc(O)ccc4O)C(=O)O)C5=O)cc3c2c(=O)[nH]1.[Cu+2]. The molecule has 0 aliphatic carbocycles. The van der Waals surface area contributed by atoms with Crippen LogP contribution in [0.3, 0.4) is 0 Å². The van der Waals surface area contributed by atoms with Crippen LogP contribution in [-0.4, -0.2) is 102 Å². The number of aliphatic imine (C=N–C) groups is 2. The van der Waals surface area contributed by atoms with Crippen LogP contribution in [0.4, 0.5) is 5.69 Å². The Labute approximate surface area is 408 Å². The molecule has 69 heavy (non-hydrogen) atoms. The number of anilines is 1. The van der Waals surface area contributed by atoms with E-state index in [0.717, 1.165) is 34.9 Å². The third-order valence-electron chi connectivity index (χ3n) is 12.1. The number of carboxylic acid groups (broad SMARTS) is 1. The third-order valence-corrected chi connectivity index (χ3v) is 12.1. The molecule has 0 fully saturated rings. The average Bonchev–Trinajstić information content (AvgIpc) is 3.63. The quantitative estimate of drug-likeness (QED) is 0.0118. The number of rotatable bonds is 22. The minimum atomic E-state index is -1.23. The molecule has 18 heteroatoms. The Morgan fingerprint density at radius 1 is 0.826 bits per heavy atom. The first-order valence-corrected chi connectivity index (χ1v) is 22.7. The third kappa shape index (κ3) is 13.0. The number of fused-ring (bicyclic) bond motifs is 4. The number of aromatic amines is 1. The number of aryl methyl sites for hydroxylation is 1. The number of amides is 2. The predicted molar refractivity (Wildman–Crippen MR) is 261 cm³/mol. The summed E-state index contributed by atoms with van der Waals surface area (Å²) in [4.78, 5) is 70.1. The zero-order chi connectivity index (χ0) is 48.3. The number of aromatic hydroxyl groups is 4. The van der Waals surface area contributed by atoms with Crippen molar-refractivity contribution in [3.05, 3.63) is 129 Å². The minimum Gasteiger partial charge on any atom is -0.508 e. The Hall–Kier alpha value is -7.27. The zero-order valence-electron chi connectivity index (χ0n) is 38.0. The first-order chi connectivity index (χ1) is 32.8. The molecule has 3 atom stereocenters. The van der Waals surface area contributed by atoms with Gasteiger partial charge in [-0.05, 0) is 147 Å². The number of hydrogen-bond donors (Lipinski definition) is 9. The predicted octanol–water partition coefficient (Wildman–Crippen LogP) is 6.40. The molecule has 0 bridgehead atoms. The summed E-state index contributed by atoms with van der Waals surface area (Å²) < 4.78 is 0. The van der Waals surface area contributed by atoms with Gasteiger partial charge in [0.1, 0.15) is 34.9 Å². The summed E-state index contributed by atoms with van der Waals surface area (Å²) in [6.45, 7) is 3.02. The first-order valence-electron chi connectivity index (χ1n) is 22.7. The molecule has 0 saturated carbocycles. The zero-order valence-corrected chi connectivity index (χ0v) is 38.9. The number of carbonyl (C=O) groups is 3. The monoisotopic (exact) mass is 987 g/mol. The van der Waals surface area contributed by atoms with Crippen molar-refractivity contribution in [3.8, 4) is 23.0 Å². The van der Waals surface area contributed by atoms with Crippen molar-refractivity contribution in [1.29, 1.82) is 0 Å². The number of carbonyl (C=O) groups excluding carboxylic acids is 2. The van der Waals surface area contributed by atoms with Gasteiger partial charge in [-0.3, -0.25) is 24.4 Å². The molecule has 363 valence electrons. The first kappa shape index (κ1) is 51.1. The smallest absolute Gasteiger partial charge is 0.508 e. The van der Waals surface area contributed by atoms with Crippen molar-refractivity contribution >= 4 is 57.6 Å². The van der Waals surface area contributed by atoms with E-state index < -0.39 is 30.0 Å². The number of nitrogens with two attached hydrogens (primary N) is 1. The van der Waals surface area contributed by atoms with Crippen molar-refractivity contribution in [2.24, 2.45) is 15.7 Å². The largest absolute Gasteiger partial charge is 2.00 e. The molecule has 2 amide bonds. The number of H-pyrrole nitrogens is 1. The van der Waals surface area contributed by atoms with Crippen LogP contribution < -0.4 is 21.9 Å². The van der Waals surface area contributed by atoms with Crippen molar-refractivity contribution in [3.63, 3.8) is 0 Å². The van der Waals surface area contributed by atoms with Crippen LogP contribution in [0.15, 0.2) is 99.7 Å². The number of nitrogens with one attached hydrogen (secondary N) is 3. The number of phenolic OH excluding ortho intramolecular Hbond substituents is 4. The number of carboxylic acids is 1. The maximum absolute atomic E-state index is 13.5. The van der Waals surface area contributed by atoms with Gasteiger partial charge in [0.2, 0.25) is 5.91 Å². The van der Waals surface area contributed by atoms with E-state index in [-0.39, 0.29) is 70.9 Å². The molecular weight excluding hydrogens is 932 g/mol. The van der Waals surface area contributed by atoms with Crippen molar-refractivity contribution < 1.29 is 57.0 Å². The summed E-state index contributed by atoms with van der Waals surface area (Å²) in [5, 5.41) is 59.5. The number of aromatic nitrogens is 2. The van der Waals surface area contributed by atoms with E-state index >= 15 is 0 Å². The second-order valence-electron chi connectivity index (χ2n) is 17.0. The average molecular weight is 989 g/mol. The van der Waals surface area contributed by atoms with E-state index in [9.17, 15) is 44.7 Å². The summed E-state index contributed by atoms with van der Waals surface area (Å²) in [5.41, 5.74) is 9.57. The van der Waals surface area contributed by atoms with Crippen LogP contribution in [0, 0.1) is 6.92 Å². The van der Waals surface area contributed by atoms with Crippen LogP contribution in [-0.2, 0) is 39.7 Å². The van der Waals surface area contributed by atoms with Crippen molar-refractivity contribution in [2.75, 3.05) is 18.4 Å². The maximum Gasteiger partial charge on any atom is 2.00 e. The van der Waals surface area contributed by atoms with Gasteiger partial charge >= 0.3 is 23.0 Å². The van der Waals surface area contributed by atoms with E-state index in [0.29, 0.717) is 84.3 Å². The van der Waals surface area contributed by atoms with Gasteiger partial charge in [0.05, 0.1) is 23.0 Å². The molecule has 0 spiro atoms. The fourth-order valence-corrected chi connectivity index (χ4v) is 8.49. The molecule has 1 aromatic heterocycles. The molecule has 1 radical (unpaired) electrons. The summed E-state index contributed by atoms with van der Waals surface area (Å²) in [6, 6.07) is 21.1. The van der Waals surface area contributed by atoms with E-state index in [1.807, 2.05) is 36.4 Å². The van der Waals surface area contributed by atoms with E-state index in [1.165, 1.54) is 53.7 Å². The van der Waals surface area contributed by atoms with Crippen LogP contribution in [0.5, 0.6) is 23.0 Å². The molecule has 6 aromatic rings. The molecule has 17 nitrogen and oxygen atoms in total. The maximum atomic E-state index is 13.5.